The highest BCUT2D eigenvalue weighted by atomic mass is 35.5. The highest BCUT2D eigenvalue weighted by molar-refractivity contribution is 6.18. The van der Waals surface area contributed by atoms with E-state index in [1.807, 2.05) is 0 Å². The van der Waals surface area contributed by atoms with Crippen molar-refractivity contribution < 1.29 is 19.1 Å². The minimum absolute atomic E-state index is 0.117. The summed E-state index contributed by atoms with van der Waals surface area (Å²) in [5.74, 6) is -0.377. The van der Waals surface area contributed by atoms with Crippen LogP contribution in [0.1, 0.15) is 13.8 Å². The third kappa shape index (κ3) is 3.57. The first-order valence-electron chi connectivity index (χ1n) is 3.39. The smallest absolute Gasteiger partial charge is 0.350 e. The summed E-state index contributed by atoms with van der Waals surface area (Å²) in [6.45, 7) is 3.21. The lowest BCUT2D eigenvalue weighted by Crippen LogP contribution is -2.36. The Morgan fingerprint density at radius 2 is 2.17 bits per heavy atom. The summed E-state index contributed by atoms with van der Waals surface area (Å²) in [6, 6.07) is 0. The second-order valence-electron chi connectivity index (χ2n) is 2.55. The Kier molecular flexibility index (Phi) is 4.66. The van der Waals surface area contributed by atoms with Gasteiger partial charge in [0.2, 0.25) is 5.60 Å². The van der Waals surface area contributed by atoms with Gasteiger partial charge in [0.05, 0.1) is 5.88 Å². The van der Waals surface area contributed by atoms with Gasteiger partial charge in [0.15, 0.2) is 0 Å². The van der Waals surface area contributed by atoms with Gasteiger partial charge in [-0.15, -0.1) is 11.6 Å². The largest absolute Gasteiger partial charge is 0.461 e. The zero-order valence-corrected chi connectivity index (χ0v) is 7.76. The fourth-order valence-electron chi connectivity index (χ4n) is 0.473. The van der Waals surface area contributed by atoms with Crippen LogP contribution in [-0.4, -0.2) is 30.5 Å². The van der Waals surface area contributed by atoms with E-state index in [2.05, 4.69) is 9.47 Å². The van der Waals surface area contributed by atoms with Crippen LogP contribution in [0.25, 0.3) is 0 Å². The molecular weight excluding hydrogens is 184 g/mol. The Bertz CT molecular complexity index is 167. The summed E-state index contributed by atoms with van der Waals surface area (Å²) in [6.07, 6.45) is 0. The van der Waals surface area contributed by atoms with Gasteiger partial charge in [-0.05, 0) is 13.8 Å². The van der Waals surface area contributed by atoms with Crippen LogP contribution in [0.5, 0.6) is 0 Å². The molecule has 0 bridgehead atoms. The SMILES string of the molecule is CC(C)(OC=O)C(=O)OCCCl. The molecule has 0 N–H and O–H groups in total. The van der Waals surface area contributed by atoms with Crippen LogP contribution in [0.3, 0.4) is 0 Å². The van der Waals surface area contributed by atoms with Gasteiger partial charge in [-0.1, -0.05) is 0 Å². The highest BCUT2D eigenvalue weighted by Gasteiger charge is 2.30. The Morgan fingerprint density at radius 1 is 1.58 bits per heavy atom. The Hall–Kier alpha value is -0.770. The molecule has 0 spiro atoms. The molecule has 0 aromatic carbocycles. The van der Waals surface area contributed by atoms with Gasteiger partial charge >= 0.3 is 5.97 Å². The summed E-state index contributed by atoms with van der Waals surface area (Å²) in [7, 11) is 0. The van der Waals surface area contributed by atoms with Crippen molar-refractivity contribution in [3.05, 3.63) is 0 Å². The van der Waals surface area contributed by atoms with E-state index in [-0.39, 0.29) is 19.0 Å². The molecule has 0 saturated heterocycles. The number of alkyl halides is 1. The monoisotopic (exact) mass is 194 g/mol. The minimum Gasteiger partial charge on any atom is -0.461 e. The third-order valence-corrected chi connectivity index (χ3v) is 1.30. The van der Waals surface area contributed by atoms with Gasteiger partial charge in [0.1, 0.15) is 6.61 Å². The summed E-state index contributed by atoms with van der Waals surface area (Å²) < 4.78 is 9.14. The molecule has 0 rings (SSSR count). The Labute approximate surface area is 75.8 Å². The molecule has 0 aliphatic rings. The lowest BCUT2D eigenvalue weighted by atomic mass is 10.1. The maximum Gasteiger partial charge on any atom is 0.350 e. The van der Waals surface area contributed by atoms with E-state index in [9.17, 15) is 9.59 Å². The number of rotatable bonds is 5. The lowest BCUT2D eigenvalue weighted by Gasteiger charge is -2.19. The number of carbonyl (C=O) groups is 2. The molecule has 0 fully saturated rings. The maximum absolute atomic E-state index is 11.0. The average Bonchev–Trinajstić information content (AvgIpc) is 2.00. The molecule has 0 radical (unpaired) electrons. The number of halogens is 1. The molecule has 0 aromatic rings. The zero-order chi connectivity index (χ0) is 9.61. The first-order valence-corrected chi connectivity index (χ1v) is 3.92. The third-order valence-electron chi connectivity index (χ3n) is 1.14. The highest BCUT2D eigenvalue weighted by Crippen LogP contribution is 2.09. The van der Waals surface area contributed by atoms with Crippen LogP contribution < -0.4 is 0 Å². The lowest BCUT2D eigenvalue weighted by molar-refractivity contribution is -0.171. The molecule has 5 heteroatoms. The molecule has 0 aliphatic heterocycles. The molecule has 0 saturated carbocycles. The van der Waals surface area contributed by atoms with Gasteiger partial charge in [-0.2, -0.15) is 0 Å². The molecule has 0 aliphatic carbocycles. The Balaban J connectivity index is 3.96. The molecule has 12 heavy (non-hydrogen) atoms. The van der Waals surface area contributed by atoms with Crippen molar-refractivity contribution >= 4 is 24.0 Å². The van der Waals surface area contributed by atoms with Crippen LogP contribution >= 0.6 is 11.6 Å². The van der Waals surface area contributed by atoms with Crippen molar-refractivity contribution in [2.75, 3.05) is 12.5 Å². The molecule has 70 valence electrons. The second kappa shape index (κ2) is 4.98. The standard InChI is InChI=1S/C7H11ClO4/c1-7(2,12-5-9)6(10)11-4-3-8/h5H,3-4H2,1-2H3. The second-order valence-corrected chi connectivity index (χ2v) is 2.93. The van der Waals surface area contributed by atoms with Crippen molar-refractivity contribution in [3.8, 4) is 0 Å². The van der Waals surface area contributed by atoms with Gasteiger partial charge in [-0.25, -0.2) is 4.79 Å². The summed E-state index contributed by atoms with van der Waals surface area (Å²) in [5.41, 5.74) is -1.23. The first kappa shape index (κ1) is 11.2. The van der Waals surface area contributed by atoms with E-state index in [0.29, 0.717) is 0 Å². The maximum atomic E-state index is 11.0. The predicted molar refractivity (Wildman–Crippen MR) is 42.9 cm³/mol. The fraction of sp³-hybridized carbons (Fsp3) is 0.714. The van der Waals surface area contributed by atoms with Crippen LogP contribution in [0.4, 0.5) is 0 Å². The van der Waals surface area contributed by atoms with Gasteiger partial charge in [-0.3, -0.25) is 4.79 Å². The van der Waals surface area contributed by atoms with Crippen molar-refractivity contribution in [1.82, 2.24) is 0 Å². The van der Waals surface area contributed by atoms with Crippen molar-refractivity contribution in [2.45, 2.75) is 19.4 Å². The number of hydrogen-bond acceptors (Lipinski definition) is 4. The molecule has 0 atom stereocenters. The number of ether oxygens (including phenoxy) is 2. The minimum atomic E-state index is -1.23. The Morgan fingerprint density at radius 3 is 2.58 bits per heavy atom. The molecule has 0 amide bonds. The predicted octanol–water partition coefficient (Wildman–Crippen LogP) is 0.720. The number of esters is 1. The van der Waals surface area contributed by atoms with E-state index in [0.717, 1.165) is 0 Å². The van der Waals surface area contributed by atoms with Crippen LogP contribution in [0.15, 0.2) is 0 Å². The molecule has 0 aromatic heterocycles. The van der Waals surface area contributed by atoms with E-state index in [4.69, 9.17) is 11.6 Å². The van der Waals surface area contributed by atoms with Gasteiger partial charge in [0.25, 0.3) is 6.47 Å². The normalized spacial score (nSPS) is 10.6. The quantitative estimate of drug-likeness (QED) is 0.368. The van der Waals surface area contributed by atoms with Gasteiger partial charge < -0.3 is 9.47 Å². The van der Waals surface area contributed by atoms with Crippen molar-refractivity contribution in [1.29, 1.82) is 0 Å². The zero-order valence-electron chi connectivity index (χ0n) is 7.00. The summed E-state index contributed by atoms with van der Waals surface area (Å²) >= 11 is 5.29. The molecule has 0 unspecified atom stereocenters. The van der Waals surface area contributed by atoms with E-state index < -0.39 is 11.6 Å². The molecular formula is C7H11ClO4. The summed E-state index contributed by atoms with van der Waals surface area (Å²) in [5, 5.41) is 0. The van der Waals surface area contributed by atoms with E-state index in [1.165, 1.54) is 13.8 Å². The van der Waals surface area contributed by atoms with Crippen molar-refractivity contribution in [3.63, 3.8) is 0 Å². The van der Waals surface area contributed by atoms with E-state index >= 15 is 0 Å². The summed E-state index contributed by atoms with van der Waals surface area (Å²) in [4.78, 5) is 21.0. The van der Waals surface area contributed by atoms with Crippen molar-refractivity contribution in [2.24, 2.45) is 0 Å². The fourth-order valence-corrected chi connectivity index (χ4v) is 0.551. The van der Waals surface area contributed by atoms with Crippen LogP contribution in [-0.2, 0) is 19.1 Å². The van der Waals surface area contributed by atoms with Crippen LogP contribution in [0, 0.1) is 0 Å². The molecule has 4 nitrogen and oxygen atoms in total. The first-order chi connectivity index (χ1) is 5.54. The topological polar surface area (TPSA) is 52.6 Å². The number of carbonyl (C=O) groups excluding carboxylic acids is 2. The van der Waals surface area contributed by atoms with E-state index in [1.54, 1.807) is 0 Å². The van der Waals surface area contributed by atoms with Gasteiger partial charge in [0, 0.05) is 0 Å². The average molecular weight is 195 g/mol. The molecule has 0 heterocycles. The number of hydrogen-bond donors (Lipinski definition) is 0. The van der Waals surface area contributed by atoms with Crippen LogP contribution in [0.2, 0.25) is 0 Å².